The van der Waals surface area contributed by atoms with Gasteiger partial charge in [-0.3, -0.25) is 0 Å². The van der Waals surface area contributed by atoms with Crippen LogP contribution in [0.3, 0.4) is 0 Å². The number of hydrogen-bond acceptors (Lipinski definition) is 4. The number of nitrogens with two attached hydrogens (primary N) is 1. The summed E-state index contributed by atoms with van der Waals surface area (Å²) >= 11 is 0. The lowest BCUT2D eigenvalue weighted by Gasteiger charge is -2.24. The monoisotopic (exact) mass is 281 g/mol. The number of nitrogens with zero attached hydrogens (tertiary/aromatic N) is 1. The molecule has 2 aliphatic rings. The summed E-state index contributed by atoms with van der Waals surface area (Å²) in [6.45, 7) is 3.16. The molecule has 1 aromatic carbocycles. The number of fused-ring (bicyclic) bond motifs is 1. The Morgan fingerprint density at radius 2 is 1.95 bits per heavy atom. The van der Waals surface area contributed by atoms with Gasteiger partial charge in [-0.25, -0.2) is 13.6 Å². The quantitative estimate of drug-likeness (QED) is 0.829. The number of rotatable bonds is 2. The van der Waals surface area contributed by atoms with Crippen molar-refractivity contribution in [3.63, 3.8) is 0 Å². The van der Waals surface area contributed by atoms with Crippen LogP contribution in [0.4, 0.5) is 5.69 Å². The number of hydrogen-bond donors (Lipinski definition) is 2. The van der Waals surface area contributed by atoms with E-state index in [2.05, 4.69) is 10.2 Å². The fourth-order valence-corrected chi connectivity index (χ4v) is 3.62. The maximum absolute atomic E-state index is 11.2. The predicted molar refractivity (Wildman–Crippen MR) is 74.5 cm³/mol. The molecule has 0 aromatic heterocycles. The van der Waals surface area contributed by atoms with Crippen LogP contribution in [0.1, 0.15) is 12.8 Å². The fraction of sp³-hybridized carbons (Fsp3) is 0.538. The summed E-state index contributed by atoms with van der Waals surface area (Å²) in [4.78, 5) is 2.49. The lowest BCUT2D eigenvalue weighted by Crippen LogP contribution is -2.40. The molecule has 0 spiro atoms. The van der Waals surface area contributed by atoms with Gasteiger partial charge in [0, 0.05) is 24.8 Å². The van der Waals surface area contributed by atoms with Crippen LogP contribution in [0.2, 0.25) is 0 Å². The van der Waals surface area contributed by atoms with Crippen LogP contribution in [0.5, 0.6) is 0 Å². The van der Waals surface area contributed by atoms with E-state index in [0.717, 1.165) is 25.3 Å². The van der Waals surface area contributed by atoms with E-state index in [4.69, 9.17) is 5.14 Å². The van der Waals surface area contributed by atoms with E-state index in [9.17, 15) is 8.42 Å². The lowest BCUT2D eigenvalue weighted by atomic mass is 9.94. The van der Waals surface area contributed by atoms with Gasteiger partial charge in [0.25, 0.3) is 0 Å². The van der Waals surface area contributed by atoms with Gasteiger partial charge in [0.15, 0.2) is 0 Å². The van der Waals surface area contributed by atoms with Crippen LogP contribution in [-0.2, 0) is 10.0 Å². The van der Waals surface area contributed by atoms with E-state index in [1.807, 2.05) is 12.1 Å². The molecule has 2 fully saturated rings. The van der Waals surface area contributed by atoms with Gasteiger partial charge in [0.05, 0.1) is 4.90 Å². The van der Waals surface area contributed by atoms with Crippen molar-refractivity contribution in [2.75, 3.05) is 24.5 Å². The third kappa shape index (κ3) is 2.61. The van der Waals surface area contributed by atoms with E-state index in [1.165, 1.54) is 12.8 Å². The molecule has 2 atom stereocenters. The predicted octanol–water partition coefficient (Wildman–Crippen LogP) is 0.522. The number of anilines is 1. The second kappa shape index (κ2) is 4.77. The third-order valence-electron chi connectivity index (χ3n) is 4.13. The molecule has 3 rings (SSSR count). The molecule has 2 unspecified atom stereocenters. The second-order valence-electron chi connectivity index (χ2n) is 5.41. The minimum Gasteiger partial charge on any atom is -0.370 e. The number of primary sulfonamides is 1. The van der Waals surface area contributed by atoms with Crippen LogP contribution in [-0.4, -0.2) is 34.1 Å². The van der Waals surface area contributed by atoms with Crippen LogP contribution in [0.15, 0.2) is 29.2 Å². The molecule has 1 aromatic rings. The number of nitrogens with one attached hydrogen (secondary N) is 1. The molecular weight excluding hydrogens is 262 g/mol. The summed E-state index contributed by atoms with van der Waals surface area (Å²) in [7, 11) is -3.59. The average Bonchev–Trinajstić information content (AvgIpc) is 2.81. The Morgan fingerprint density at radius 3 is 2.58 bits per heavy atom. The minimum absolute atomic E-state index is 0.172. The normalized spacial score (nSPS) is 27.3. The zero-order valence-corrected chi connectivity index (χ0v) is 11.6. The Hall–Kier alpha value is -1.11. The van der Waals surface area contributed by atoms with Gasteiger partial charge < -0.3 is 10.2 Å². The highest BCUT2D eigenvalue weighted by Gasteiger charge is 2.34. The molecule has 2 aliphatic heterocycles. The summed E-state index contributed by atoms with van der Waals surface area (Å²) in [5, 5.41) is 8.66. The standard InChI is InChI=1S/C13H19N3O2S/c14-19(17,18)12-5-3-11(4-6-12)16-8-10-2-1-7-15-13(10)9-16/h3-6,10,13,15H,1-2,7-9H2,(H2,14,17,18). The minimum atomic E-state index is -3.59. The molecule has 19 heavy (non-hydrogen) atoms. The highest BCUT2D eigenvalue weighted by Crippen LogP contribution is 2.29. The molecule has 0 amide bonds. The molecule has 0 radical (unpaired) electrons. The zero-order valence-electron chi connectivity index (χ0n) is 10.7. The third-order valence-corrected chi connectivity index (χ3v) is 5.06. The first-order chi connectivity index (χ1) is 9.04. The average molecular weight is 281 g/mol. The van der Waals surface area contributed by atoms with Crippen LogP contribution < -0.4 is 15.4 Å². The van der Waals surface area contributed by atoms with Crippen molar-refractivity contribution in [3.8, 4) is 0 Å². The molecule has 0 saturated carbocycles. The first kappa shape index (κ1) is 12.9. The first-order valence-corrected chi connectivity index (χ1v) is 8.20. The fourth-order valence-electron chi connectivity index (χ4n) is 3.10. The first-order valence-electron chi connectivity index (χ1n) is 6.65. The summed E-state index contributed by atoms with van der Waals surface area (Å²) in [5.41, 5.74) is 1.07. The Balaban J connectivity index is 1.77. The maximum Gasteiger partial charge on any atom is 0.238 e. The van der Waals surface area contributed by atoms with E-state index < -0.39 is 10.0 Å². The van der Waals surface area contributed by atoms with Gasteiger partial charge in [-0.2, -0.15) is 0 Å². The van der Waals surface area contributed by atoms with Crippen LogP contribution >= 0.6 is 0 Å². The molecule has 3 N–H and O–H groups in total. The zero-order chi connectivity index (χ0) is 13.5. The Morgan fingerprint density at radius 1 is 1.21 bits per heavy atom. The smallest absolute Gasteiger partial charge is 0.238 e. The molecule has 0 bridgehead atoms. The van der Waals surface area contributed by atoms with Gasteiger partial charge >= 0.3 is 0 Å². The van der Waals surface area contributed by atoms with Crippen LogP contribution in [0.25, 0.3) is 0 Å². The number of piperidine rings is 1. The van der Waals surface area contributed by atoms with Crippen molar-refractivity contribution in [2.45, 2.75) is 23.8 Å². The van der Waals surface area contributed by atoms with Gasteiger partial charge in [-0.05, 0) is 49.6 Å². The van der Waals surface area contributed by atoms with Crippen molar-refractivity contribution in [3.05, 3.63) is 24.3 Å². The highest BCUT2D eigenvalue weighted by atomic mass is 32.2. The van der Waals surface area contributed by atoms with E-state index in [0.29, 0.717) is 12.0 Å². The molecule has 5 nitrogen and oxygen atoms in total. The summed E-state index contributed by atoms with van der Waals surface area (Å²) in [5.74, 6) is 0.715. The Labute approximate surface area is 113 Å². The molecule has 0 aliphatic carbocycles. The van der Waals surface area contributed by atoms with E-state index >= 15 is 0 Å². The topological polar surface area (TPSA) is 75.4 Å². The van der Waals surface area contributed by atoms with Gasteiger partial charge in [-0.15, -0.1) is 0 Å². The maximum atomic E-state index is 11.2. The van der Waals surface area contributed by atoms with Gasteiger partial charge in [-0.1, -0.05) is 0 Å². The van der Waals surface area contributed by atoms with E-state index in [-0.39, 0.29) is 4.90 Å². The Kier molecular flexibility index (Phi) is 3.24. The van der Waals surface area contributed by atoms with Crippen molar-refractivity contribution in [1.29, 1.82) is 0 Å². The van der Waals surface area contributed by atoms with Crippen LogP contribution in [0, 0.1) is 5.92 Å². The molecule has 6 heteroatoms. The van der Waals surface area contributed by atoms with Crippen molar-refractivity contribution in [2.24, 2.45) is 11.1 Å². The number of sulfonamides is 1. The molecular formula is C13H19N3O2S. The number of benzene rings is 1. The molecule has 2 heterocycles. The largest absolute Gasteiger partial charge is 0.370 e. The highest BCUT2D eigenvalue weighted by molar-refractivity contribution is 7.89. The molecule has 2 saturated heterocycles. The van der Waals surface area contributed by atoms with Crippen molar-refractivity contribution in [1.82, 2.24) is 5.32 Å². The van der Waals surface area contributed by atoms with Crippen molar-refractivity contribution >= 4 is 15.7 Å². The summed E-state index contributed by atoms with van der Waals surface area (Å²) < 4.78 is 22.4. The Bertz CT molecular complexity index is 542. The second-order valence-corrected chi connectivity index (χ2v) is 6.97. The summed E-state index contributed by atoms with van der Waals surface area (Å²) in [6.07, 6.45) is 2.53. The molecule has 104 valence electrons. The van der Waals surface area contributed by atoms with Crippen molar-refractivity contribution < 1.29 is 8.42 Å². The van der Waals surface area contributed by atoms with Gasteiger partial charge in [0.2, 0.25) is 10.0 Å². The van der Waals surface area contributed by atoms with Gasteiger partial charge in [0.1, 0.15) is 0 Å². The summed E-state index contributed by atoms with van der Waals surface area (Å²) in [6, 6.07) is 7.43. The van der Waals surface area contributed by atoms with E-state index in [1.54, 1.807) is 12.1 Å². The SMILES string of the molecule is NS(=O)(=O)c1ccc(N2CC3CCCNC3C2)cc1. The lowest BCUT2D eigenvalue weighted by molar-refractivity contribution is 0.340.